The molecule has 0 radical (unpaired) electrons. The number of hydrogen-bond acceptors (Lipinski definition) is 4. The first-order valence-electron chi connectivity index (χ1n) is 11.3. The monoisotopic (exact) mass is 465 g/mol. The van der Waals surface area contributed by atoms with Crippen LogP contribution >= 0.6 is 0 Å². The van der Waals surface area contributed by atoms with Crippen molar-refractivity contribution in [2.45, 2.75) is 32.9 Å². The SMILES string of the molecule is CCN(CC)C(=O)N1CCC([C@@H]2CN(c3ccc(C#N)c(C(F)(F)F)c3)C[C@H]2C(N)=O)CC1. The molecule has 0 unspecified atom stereocenters. The van der Waals surface area contributed by atoms with Gasteiger partial charge < -0.3 is 20.4 Å². The minimum atomic E-state index is -4.65. The molecule has 0 aliphatic carbocycles. The molecule has 180 valence electrons. The van der Waals surface area contributed by atoms with Crippen molar-refractivity contribution < 1.29 is 22.8 Å². The van der Waals surface area contributed by atoms with Gasteiger partial charge in [0.05, 0.1) is 23.1 Å². The summed E-state index contributed by atoms with van der Waals surface area (Å²) in [6.45, 7) is 6.96. The van der Waals surface area contributed by atoms with Gasteiger partial charge in [-0.1, -0.05) is 0 Å². The van der Waals surface area contributed by atoms with Gasteiger partial charge in [0.2, 0.25) is 5.91 Å². The van der Waals surface area contributed by atoms with Crippen LogP contribution in [0.25, 0.3) is 0 Å². The summed E-state index contributed by atoms with van der Waals surface area (Å²) in [6, 6.07) is 5.23. The summed E-state index contributed by atoms with van der Waals surface area (Å²) >= 11 is 0. The number of carbonyl (C=O) groups is 2. The first kappa shape index (κ1) is 24.7. The zero-order valence-corrected chi connectivity index (χ0v) is 18.9. The van der Waals surface area contributed by atoms with Crippen molar-refractivity contribution in [3.8, 4) is 6.07 Å². The summed E-state index contributed by atoms with van der Waals surface area (Å²) in [4.78, 5) is 30.2. The molecule has 2 aliphatic rings. The lowest BCUT2D eigenvalue weighted by molar-refractivity contribution is -0.137. The third-order valence-electron chi connectivity index (χ3n) is 6.97. The quantitative estimate of drug-likeness (QED) is 0.722. The van der Waals surface area contributed by atoms with Crippen LogP contribution in [0.5, 0.6) is 0 Å². The Bertz CT molecular complexity index is 918. The molecule has 1 aromatic carbocycles. The molecule has 2 aliphatic heterocycles. The van der Waals surface area contributed by atoms with Crippen molar-refractivity contribution in [1.29, 1.82) is 5.26 Å². The standard InChI is InChI=1S/C23H30F3N5O2/c1-3-29(4-2)22(33)30-9-7-15(8-10-30)18-13-31(14-19(18)21(28)32)17-6-5-16(12-27)20(11-17)23(24,25)26/h5-6,11,15,18-19H,3-4,7-10,13-14H2,1-2H3,(H2,28,32)/t18-,19+/m0/s1. The van der Waals surface area contributed by atoms with Crippen LogP contribution in [0.1, 0.15) is 37.8 Å². The molecule has 2 fully saturated rings. The number of carbonyl (C=O) groups excluding carboxylic acids is 2. The fourth-order valence-corrected chi connectivity index (χ4v) is 5.09. The minimum absolute atomic E-state index is 0.00946. The lowest BCUT2D eigenvalue weighted by Crippen LogP contribution is -2.48. The number of nitrogens with zero attached hydrogens (tertiary/aromatic N) is 4. The van der Waals surface area contributed by atoms with Crippen molar-refractivity contribution >= 4 is 17.6 Å². The Morgan fingerprint density at radius 1 is 1.18 bits per heavy atom. The van der Waals surface area contributed by atoms with Crippen molar-refractivity contribution in [3.05, 3.63) is 29.3 Å². The van der Waals surface area contributed by atoms with Crippen LogP contribution in [0.2, 0.25) is 0 Å². The fourth-order valence-electron chi connectivity index (χ4n) is 5.09. The molecule has 1 aromatic rings. The van der Waals surface area contributed by atoms with E-state index in [2.05, 4.69) is 0 Å². The number of alkyl halides is 3. The number of halogens is 3. The maximum Gasteiger partial charge on any atom is 0.417 e. The number of likely N-dealkylation sites (tertiary alicyclic amines) is 1. The van der Waals surface area contributed by atoms with Crippen molar-refractivity contribution in [3.63, 3.8) is 0 Å². The number of anilines is 1. The van der Waals surface area contributed by atoms with E-state index in [1.54, 1.807) is 15.9 Å². The molecule has 3 amide bonds. The highest BCUT2D eigenvalue weighted by Crippen LogP contribution is 2.40. The summed E-state index contributed by atoms with van der Waals surface area (Å²) in [7, 11) is 0. The molecule has 2 atom stereocenters. The third-order valence-corrected chi connectivity index (χ3v) is 6.97. The number of piperidine rings is 1. The molecular formula is C23H30F3N5O2. The molecule has 0 saturated carbocycles. The van der Waals surface area contributed by atoms with Crippen LogP contribution in [0.4, 0.5) is 23.7 Å². The van der Waals surface area contributed by atoms with Gasteiger partial charge in [-0.05, 0) is 56.7 Å². The van der Waals surface area contributed by atoms with Crippen LogP contribution in [-0.4, -0.2) is 61.0 Å². The predicted molar refractivity (Wildman–Crippen MR) is 117 cm³/mol. The number of benzene rings is 1. The van der Waals surface area contributed by atoms with Gasteiger partial charge in [-0.2, -0.15) is 18.4 Å². The van der Waals surface area contributed by atoms with Crippen molar-refractivity contribution in [2.75, 3.05) is 44.2 Å². The van der Waals surface area contributed by atoms with E-state index in [9.17, 15) is 22.8 Å². The van der Waals surface area contributed by atoms with Crippen molar-refractivity contribution in [1.82, 2.24) is 9.80 Å². The summed E-state index contributed by atoms with van der Waals surface area (Å²) in [5.41, 5.74) is 4.58. The summed E-state index contributed by atoms with van der Waals surface area (Å²) in [5.74, 6) is -0.897. The zero-order valence-electron chi connectivity index (χ0n) is 18.9. The molecular weight excluding hydrogens is 435 g/mol. The third kappa shape index (κ3) is 5.18. The number of hydrogen-bond donors (Lipinski definition) is 1. The summed E-state index contributed by atoms with van der Waals surface area (Å²) in [5, 5.41) is 9.04. The second-order valence-electron chi connectivity index (χ2n) is 8.70. The molecule has 0 aromatic heterocycles. The first-order chi connectivity index (χ1) is 15.6. The number of nitrogens with two attached hydrogens (primary N) is 1. The Morgan fingerprint density at radius 3 is 2.33 bits per heavy atom. The molecule has 0 bridgehead atoms. The van der Waals surface area contributed by atoms with Crippen LogP contribution < -0.4 is 10.6 Å². The molecule has 10 heteroatoms. The summed E-state index contributed by atoms with van der Waals surface area (Å²) < 4.78 is 40.2. The van der Waals surface area contributed by atoms with E-state index in [-0.39, 0.29) is 24.4 Å². The number of rotatable bonds is 5. The van der Waals surface area contributed by atoms with E-state index in [0.29, 0.717) is 38.4 Å². The Hall–Kier alpha value is -2.96. The largest absolute Gasteiger partial charge is 0.417 e. The molecule has 7 nitrogen and oxygen atoms in total. The smallest absolute Gasteiger partial charge is 0.370 e. The maximum atomic E-state index is 13.4. The molecule has 33 heavy (non-hydrogen) atoms. The molecule has 3 rings (SSSR count). The van der Waals surface area contributed by atoms with Crippen LogP contribution in [0, 0.1) is 29.1 Å². The van der Waals surface area contributed by atoms with Gasteiger partial charge in [-0.25, -0.2) is 4.79 Å². The zero-order chi connectivity index (χ0) is 24.3. The van der Waals surface area contributed by atoms with Crippen LogP contribution in [-0.2, 0) is 11.0 Å². The van der Waals surface area contributed by atoms with Gasteiger partial charge in [0.15, 0.2) is 0 Å². The number of nitriles is 1. The van der Waals surface area contributed by atoms with E-state index in [4.69, 9.17) is 11.0 Å². The lowest BCUT2D eigenvalue weighted by atomic mass is 9.78. The highest BCUT2D eigenvalue weighted by molar-refractivity contribution is 5.79. The molecule has 2 saturated heterocycles. The predicted octanol–water partition coefficient (Wildman–Crippen LogP) is 3.29. The van der Waals surface area contributed by atoms with Gasteiger partial charge in [0, 0.05) is 45.0 Å². The number of primary amides is 1. The second kappa shape index (κ2) is 9.89. The Morgan fingerprint density at radius 2 is 1.82 bits per heavy atom. The lowest BCUT2D eigenvalue weighted by Gasteiger charge is -2.38. The van der Waals surface area contributed by atoms with Gasteiger partial charge >= 0.3 is 12.2 Å². The Labute approximate surface area is 191 Å². The van der Waals surface area contributed by atoms with Gasteiger partial charge in [-0.3, -0.25) is 4.79 Å². The number of urea groups is 1. The van der Waals surface area contributed by atoms with Gasteiger partial charge in [0.1, 0.15) is 0 Å². The molecule has 2 heterocycles. The average Bonchev–Trinajstić information content (AvgIpc) is 3.25. The van der Waals surface area contributed by atoms with E-state index in [1.165, 1.54) is 12.1 Å². The first-order valence-corrected chi connectivity index (χ1v) is 11.3. The van der Waals surface area contributed by atoms with Gasteiger partial charge in [-0.15, -0.1) is 0 Å². The maximum absolute atomic E-state index is 13.4. The average molecular weight is 466 g/mol. The Balaban J connectivity index is 1.75. The normalized spacial score (nSPS) is 21.7. The van der Waals surface area contributed by atoms with Crippen LogP contribution in [0.15, 0.2) is 18.2 Å². The van der Waals surface area contributed by atoms with E-state index >= 15 is 0 Å². The van der Waals surface area contributed by atoms with Gasteiger partial charge in [0.25, 0.3) is 0 Å². The molecule has 2 N–H and O–H groups in total. The highest BCUT2D eigenvalue weighted by atomic mass is 19.4. The Kier molecular flexibility index (Phi) is 7.40. The van der Waals surface area contributed by atoms with Crippen molar-refractivity contribution in [2.24, 2.45) is 23.5 Å². The highest BCUT2D eigenvalue weighted by Gasteiger charge is 2.43. The van der Waals surface area contributed by atoms with E-state index in [1.807, 2.05) is 18.7 Å². The second-order valence-corrected chi connectivity index (χ2v) is 8.70. The summed E-state index contributed by atoms with van der Waals surface area (Å²) in [6.07, 6.45) is -3.21. The number of amides is 3. The van der Waals surface area contributed by atoms with Crippen LogP contribution in [0.3, 0.4) is 0 Å². The van der Waals surface area contributed by atoms with E-state index in [0.717, 1.165) is 18.9 Å². The molecule has 0 spiro atoms. The topological polar surface area (TPSA) is 93.7 Å². The fraction of sp³-hybridized carbons (Fsp3) is 0.609. The minimum Gasteiger partial charge on any atom is -0.370 e. The van der Waals surface area contributed by atoms with E-state index < -0.39 is 29.1 Å².